The molecule has 12 nitrogen and oxygen atoms in total. The molecule has 3 aliphatic rings. The van der Waals surface area contributed by atoms with Crippen molar-refractivity contribution in [2.24, 2.45) is 0 Å². The SMILES string of the molecule is CC(=O)OC[C@H]1O[C@@H](n2cnc3c(N4CC5(CCCC5)c5ccc(F)cc54)nc(Cl)nc32)[C@H](OC(C)=O)[C@@H]1OC(C)=O. The second-order valence-corrected chi connectivity index (χ2v) is 11.2. The molecule has 2 fully saturated rings. The van der Waals surface area contributed by atoms with E-state index < -0.39 is 42.4 Å². The number of hydrogen-bond donors (Lipinski definition) is 0. The lowest BCUT2D eigenvalue weighted by Crippen LogP contribution is -2.40. The van der Waals surface area contributed by atoms with Crippen LogP contribution in [0.5, 0.6) is 0 Å². The van der Waals surface area contributed by atoms with Crippen molar-refractivity contribution >= 4 is 52.2 Å². The number of esters is 3. The number of halogens is 2. The third-order valence-electron chi connectivity index (χ3n) is 8.09. The highest BCUT2D eigenvalue weighted by atomic mass is 35.5. The van der Waals surface area contributed by atoms with Crippen LogP contribution >= 0.6 is 11.6 Å². The minimum atomic E-state index is -1.13. The van der Waals surface area contributed by atoms with Crippen molar-refractivity contribution in [3.05, 3.63) is 41.2 Å². The van der Waals surface area contributed by atoms with Gasteiger partial charge in [-0.15, -0.1) is 0 Å². The van der Waals surface area contributed by atoms with E-state index in [0.717, 1.165) is 31.2 Å². The van der Waals surface area contributed by atoms with E-state index in [-0.39, 0.29) is 28.8 Å². The molecule has 0 radical (unpaired) electrons. The molecule has 0 N–H and O–H groups in total. The fourth-order valence-electron chi connectivity index (χ4n) is 6.48. The van der Waals surface area contributed by atoms with Crippen molar-refractivity contribution in [3.8, 4) is 0 Å². The van der Waals surface area contributed by atoms with Crippen molar-refractivity contribution in [1.82, 2.24) is 19.5 Å². The lowest BCUT2D eigenvalue weighted by molar-refractivity contribution is -0.166. The van der Waals surface area contributed by atoms with Crippen LogP contribution in [0.4, 0.5) is 15.9 Å². The van der Waals surface area contributed by atoms with Gasteiger partial charge in [0.1, 0.15) is 18.5 Å². The molecule has 2 aromatic heterocycles. The van der Waals surface area contributed by atoms with Gasteiger partial charge in [-0.3, -0.25) is 19.0 Å². The molecule has 4 atom stereocenters. The maximum atomic E-state index is 14.5. The number of carbonyl (C=O) groups excluding carboxylic acids is 3. The van der Waals surface area contributed by atoms with Crippen LogP contribution in [0.3, 0.4) is 0 Å². The summed E-state index contributed by atoms with van der Waals surface area (Å²) in [5, 5.41) is -0.0837. The summed E-state index contributed by atoms with van der Waals surface area (Å²) in [4.78, 5) is 51.1. The summed E-state index contributed by atoms with van der Waals surface area (Å²) < 4.78 is 38.4. The van der Waals surface area contributed by atoms with Gasteiger partial charge < -0.3 is 23.8 Å². The first-order valence-corrected chi connectivity index (χ1v) is 14.0. The maximum absolute atomic E-state index is 14.5. The number of carbonyl (C=O) groups is 3. The first-order valence-electron chi connectivity index (χ1n) is 13.7. The zero-order valence-electron chi connectivity index (χ0n) is 23.2. The Hall–Kier alpha value is -3.84. The number of benzene rings is 1. The van der Waals surface area contributed by atoms with Crippen molar-refractivity contribution in [2.75, 3.05) is 18.1 Å². The molecule has 3 aromatic rings. The van der Waals surface area contributed by atoms with Crippen LogP contribution < -0.4 is 4.90 Å². The van der Waals surface area contributed by atoms with Crippen molar-refractivity contribution in [1.29, 1.82) is 0 Å². The molecular formula is C28H29ClFN5O7. The molecule has 42 heavy (non-hydrogen) atoms. The summed E-state index contributed by atoms with van der Waals surface area (Å²) in [6, 6.07) is 4.84. The average molecular weight is 602 g/mol. The molecule has 0 bridgehead atoms. The number of nitrogens with zero attached hydrogens (tertiary/aromatic N) is 5. The molecule has 1 aromatic carbocycles. The fraction of sp³-hybridized carbons (Fsp3) is 0.500. The second-order valence-electron chi connectivity index (χ2n) is 10.9. The minimum Gasteiger partial charge on any atom is -0.463 e. The van der Waals surface area contributed by atoms with Crippen molar-refractivity contribution in [3.63, 3.8) is 0 Å². The van der Waals surface area contributed by atoms with E-state index >= 15 is 0 Å². The van der Waals surface area contributed by atoms with Gasteiger partial charge in [0.05, 0.1) is 6.33 Å². The highest BCUT2D eigenvalue weighted by Crippen LogP contribution is 2.53. The number of aromatic nitrogens is 4. The summed E-state index contributed by atoms with van der Waals surface area (Å²) in [5.41, 5.74) is 2.25. The van der Waals surface area contributed by atoms with Crippen LogP contribution in [0.2, 0.25) is 5.28 Å². The monoisotopic (exact) mass is 601 g/mol. The summed E-state index contributed by atoms with van der Waals surface area (Å²) in [7, 11) is 0. The Labute approximate surface area is 245 Å². The summed E-state index contributed by atoms with van der Waals surface area (Å²) in [6.45, 7) is 3.98. The number of fused-ring (bicyclic) bond motifs is 3. The molecule has 1 saturated carbocycles. The average Bonchev–Trinajstić information content (AvgIpc) is 3.69. The third-order valence-corrected chi connectivity index (χ3v) is 8.26. The molecule has 6 rings (SSSR count). The first-order chi connectivity index (χ1) is 20.1. The Kier molecular flexibility index (Phi) is 7.26. The van der Waals surface area contributed by atoms with E-state index in [0.29, 0.717) is 23.6 Å². The first kappa shape index (κ1) is 28.3. The van der Waals surface area contributed by atoms with Gasteiger partial charge in [0.2, 0.25) is 5.28 Å². The third kappa shape index (κ3) is 4.94. The molecule has 0 unspecified atom stereocenters. The summed E-state index contributed by atoms with van der Waals surface area (Å²) in [6.07, 6.45) is 1.27. The van der Waals surface area contributed by atoms with E-state index in [1.165, 1.54) is 43.8 Å². The summed E-state index contributed by atoms with van der Waals surface area (Å²) >= 11 is 6.46. The predicted octanol–water partition coefficient (Wildman–Crippen LogP) is 3.91. The van der Waals surface area contributed by atoms with Gasteiger partial charge in [-0.1, -0.05) is 18.9 Å². The van der Waals surface area contributed by atoms with Crippen molar-refractivity contribution in [2.45, 2.75) is 76.4 Å². The number of ether oxygens (including phenoxy) is 4. The van der Waals surface area contributed by atoms with Gasteiger partial charge in [0.25, 0.3) is 0 Å². The lowest BCUT2D eigenvalue weighted by atomic mass is 9.81. The van der Waals surface area contributed by atoms with Crippen molar-refractivity contribution < 1.29 is 37.7 Å². The minimum absolute atomic E-state index is 0.0837. The standard InChI is InChI=1S/C28H29ClFN5O7/c1-14(36)39-11-20-22(40-15(2)37)23(41-16(3)38)26(42-20)35-13-31-21-24(32-27(29)33-25(21)35)34-12-28(8-4-5-9-28)18-7-6-17(30)10-19(18)34/h6-7,10,13,20,22-23,26H,4-5,8-9,11-12H2,1-3H3/t20-,22-,23-,26-/m1/s1. The van der Waals surface area contributed by atoms with Crippen LogP contribution in [0.25, 0.3) is 11.2 Å². The molecular weight excluding hydrogens is 573 g/mol. The number of rotatable bonds is 6. The molecule has 0 amide bonds. The Morgan fingerprint density at radius 1 is 1.07 bits per heavy atom. The van der Waals surface area contributed by atoms with Gasteiger partial charge in [-0.25, -0.2) is 9.37 Å². The number of hydrogen-bond acceptors (Lipinski definition) is 11. The quantitative estimate of drug-likeness (QED) is 0.231. The smallest absolute Gasteiger partial charge is 0.303 e. The lowest BCUT2D eigenvalue weighted by Gasteiger charge is -2.25. The van der Waals surface area contributed by atoms with Gasteiger partial charge in [0, 0.05) is 38.4 Å². The molecule has 2 aliphatic heterocycles. The van der Waals surface area contributed by atoms with E-state index in [9.17, 15) is 18.8 Å². The van der Waals surface area contributed by atoms with E-state index in [4.69, 9.17) is 30.5 Å². The van der Waals surface area contributed by atoms with Gasteiger partial charge in [-0.05, 0) is 42.1 Å². The Morgan fingerprint density at radius 3 is 2.48 bits per heavy atom. The summed E-state index contributed by atoms with van der Waals surface area (Å²) in [5.74, 6) is -1.82. The van der Waals surface area contributed by atoms with Crippen LogP contribution in [0.15, 0.2) is 24.5 Å². The zero-order chi connectivity index (χ0) is 29.8. The van der Waals surface area contributed by atoms with Crippen LogP contribution in [0.1, 0.15) is 58.2 Å². The Bertz CT molecular complexity index is 1580. The van der Waals surface area contributed by atoms with E-state index in [1.807, 2.05) is 11.0 Å². The molecule has 4 heterocycles. The Balaban J connectivity index is 1.44. The van der Waals surface area contributed by atoms with Gasteiger partial charge in [-0.2, -0.15) is 9.97 Å². The molecule has 222 valence electrons. The fourth-order valence-corrected chi connectivity index (χ4v) is 6.64. The maximum Gasteiger partial charge on any atom is 0.303 e. The zero-order valence-corrected chi connectivity index (χ0v) is 24.0. The van der Waals surface area contributed by atoms with E-state index in [1.54, 1.807) is 0 Å². The second kappa shape index (κ2) is 10.8. The molecule has 1 spiro atoms. The number of imidazole rings is 1. The van der Waals surface area contributed by atoms with E-state index in [2.05, 4.69) is 15.0 Å². The van der Waals surface area contributed by atoms with Gasteiger partial charge >= 0.3 is 17.9 Å². The van der Waals surface area contributed by atoms with Crippen LogP contribution in [0, 0.1) is 5.82 Å². The highest BCUT2D eigenvalue weighted by molar-refractivity contribution is 6.28. The molecule has 14 heteroatoms. The Morgan fingerprint density at radius 2 is 1.79 bits per heavy atom. The molecule has 1 aliphatic carbocycles. The highest BCUT2D eigenvalue weighted by Gasteiger charge is 2.51. The van der Waals surface area contributed by atoms with Crippen LogP contribution in [-0.4, -0.2) is 68.9 Å². The molecule has 1 saturated heterocycles. The van der Waals surface area contributed by atoms with Crippen LogP contribution in [-0.2, 0) is 38.7 Å². The topological polar surface area (TPSA) is 135 Å². The number of anilines is 2. The predicted molar refractivity (Wildman–Crippen MR) is 146 cm³/mol. The van der Waals surface area contributed by atoms with Gasteiger partial charge in [0.15, 0.2) is 35.4 Å². The normalized spacial score (nSPS) is 24.3. The largest absolute Gasteiger partial charge is 0.463 e.